The first-order valence-corrected chi connectivity index (χ1v) is 6.46. The Balaban J connectivity index is 2.44. The van der Waals surface area contributed by atoms with Crippen LogP contribution in [-0.4, -0.2) is 10.9 Å². The van der Waals surface area contributed by atoms with E-state index in [4.69, 9.17) is 5.21 Å². The summed E-state index contributed by atoms with van der Waals surface area (Å²) < 4.78 is 13.9. The van der Waals surface area contributed by atoms with Crippen molar-refractivity contribution >= 4 is 11.3 Å². The molecule has 3 heteroatoms. The first kappa shape index (κ1) is 12.8. The van der Waals surface area contributed by atoms with E-state index in [1.165, 1.54) is 11.6 Å². The fraction of sp³-hybridized carbons (Fsp3) is 0.400. The van der Waals surface area contributed by atoms with Crippen molar-refractivity contribution in [3.8, 4) is 0 Å². The molecule has 1 N–H and O–H groups in total. The molecule has 0 fully saturated rings. The van der Waals surface area contributed by atoms with E-state index in [2.05, 4.69) is 12.1 Å². The Morgan fingerprint density at radius 3 is 2.72 bits per heavy atom. The monoisotopic (exact) mass is 247 g/mol. The van der Waals surface area contributed by atoms with Gasteiger partial charge in [0.2, 0.25) is 0 Å². The van der Waals surface area contributed by atoms with Crippen LogP contribution in [0.4, 0.5) is 4.39 Å². The van der Waals surface area contributed by atoms with Gasteiger partial charge in [-0.15, -0.1) is 0 Å². The molecule has 96 valence electrons. The van der Waals surface area contributed by atoms with E-state index in [1.807, 2.05) is 6.07 Å². The zero-order chi connectivity index (χ0) is 13.0. The second-order valence-corrected chi connectivity index (χ2v) is 4.61. The maximum atomic E-state index is 13.9. The van der Waals surface area contributed by atoms with Gasteiger partial charge in [0.1, 0.15) is 5.82 Å². The largest absolute Gasteiger partial charge is 0.411 e. The highest BCUT2D eigenvalue weighted by atomic mass is 19.1. The van der Waals surface area contributed by atoms with Gasteiger partial charge in [-0.25, -0.2) is 4.39 Å². The molecule has 18 heavy (non-hydrogen) atoms. The van der Waals surface area contributed by atoms with Crippen molar-refractivity contribution in [2.24, 2.45) is 5.16 Å². The van der Waals surface area contributed by atoms with Gasteiger partial charge in [-0.2, -0.15) is 0 Å². The summed E-state index contributed by atoms with van der Waals surface area (Å²) in [5.74, 6) is -0.246. The fourth-order valence-corrected chi connectivity index (χ4v) is 2.47. The highest BCUT2D eigenvalue weighted by Crippen LogP contribution is 2.35. The number of rotatable bonds is 4. The summed E-state index contributed by atoms with van der Waals surface area (Å²) in [7, 11) is 0. The zero-order valence-electron chi connectivity index (χ0n) is 10.6. The van der Waals surface area contributed by atoms with E-state index in [-0.39, 0.29) is 5.82 Å². The average Bonchev–Trinajstić information content (AvgIpc) is 2.79. The molecular formula is C15H18FNO. The number of benzene rings is 1. The molecule has 1 aromatic rings. The lowest BCUT2D eigenvalue weighted by Crippen LogP contribution is -2.00. The van der Waals surface area contributed by atoms with Crippen LogP contribution in [0, 0.1) is 5.82 Å². The number of nitrogens with zero attached hydrogens (tertiary/aromatic N) is 1. The Kier molecular flexibility index (Phi) is 4.13. The summed E-state index contributed by atoms with van der Waals surface area (Å²) in [6.45, 7) is 2.14. The van der Waals surface area contributed by atoms with E-state index in [0.29, 0.717) is 17.7 Å². The van der Waals surface area contributed by atoms with Crippen molar-refractivity contribution < 1.29 is 9.60 Å². The maximum Gasteiger partial charge on any atom is 0.131 e. The van der Waals surface area contributed by atoms with E-state index in [9.17, 15) is 4.39 Å². The van der Waals surface area contributed by atoms with Gasteiger partial charge in [0.15, 0.2) is 0 Å². The summed E-state index contributed by atoms with van der Waals surface area (Å²) in [6, 6.07) is 6.70. The molecule has 1 aliphatic rings. The third-order valence-electron chi connectivity index (χ3n) is 3.40. The fourth-order valence-electron chi connectivity index (χ4n) is 2.47. The Morgan fingerprint density at radius 2 is 2.06 bits per heavy atom. The summed E-state index contributed by atoms with van der Waals surface area (Å²) in [6.07, 6.45) is 4.74. The minimum absolute atomic E-state index is 0.246. The van der Waals surface area contributed by atoms with Crippen LogP contribution in [0.3, 0.4) is 0 Å². The van der Waals surface area contributed by atoms with Crippen molar-refractivity contribution in [2.45, 2.75) is 39.0 Å². The average molecular weight is 247 g/mol. The molecule has 0 saturated heterocycles. The lowest BCUT2D eigenvalue weighted by molar-refractivity contribution is 0.319. The SMILES string of the molecule is CCCCC1=C(c2ccccc2F)/C(=N/O)CC1. The van der Waals surface area contributed by atoms with Gasteiger partial charge in [-0.1, -0.05) is 42.3 Å². The van der Waals surface area contributed by atoms with E-state index < -0.39 is 0 Å². The predicted molar refractivity (Wildman–Crippen MR) is 71.3 cm³/mol. The Labute approximate surface area is 107 Å². The summed E-state index contributed by atoms with van der Waals surface area (Å²) in [4.78, 5) is 0. The second-order valence-electron chi connectivity index (χ2n) is 4.61. The summed E-state index contributed by atoms with van der Waals surface area (Å²) in [5.41, 5.74) is 3.22. The van der Waals surface area contributed by atoms with E-state index in [1.54, 1.807) is 12.1 Å². The van der Waals surface area contributed by atoms with Gasteiger partial charge >= 0.3 is 0 Å². The molecule has 0 bridgehead atoms. The van der Waals surface area contributed by atoms with Crippen LogP contribution < -0.4 is 0 Å². The highest BCUT2D eigenvalue weighted by molar-refractivity contribution is 6.26. The Hall–Kier alpha value is -1.64. The van der Waals surface area contributed by atoms with Crippen LogP contribution in [-0.2, 0) is 0 Å². The summed E-state index contributed by atoms with van der Waals surface area (Å²) >= 11 is 0. The van der Waals surface area contributed by atoms with Crippen molar-refractivity contribution in [1.82, 2.24) is 0 Å². The quantitative estimate of drug-likeness (QED) is 0.621. The number of allylic oxidation sites excluding steroid dienone is 2. The number of hydrogen-bond acceptors (Lipinski definition) is 2. The number of halogens is 1. The van der Waals surface area contributed by atoms with Crippen LogP contribution in [0.5, 0.6) is 0 Å². The van der Waals surface area contributed by atoms with Gasteiger partial charge in [-0.05, 0) is 31.7 Å². The van der Waals surface area contributed by atoms with Crippen LogP contribution in [0.15, 0.2) is 35.0 Å². The van der Waals surface area contributed by atoms with Gasteiger partial charge in [-0.3, -0.25) is 0 Å². The molecule has 0 spiro atoms. The van der Waals surface area contributed by atoms with Gasteiger partial charge in [0.05, 0.1) is 5.71 Å². The molecule has 2 nitrogen and oxygen atoms in total. The van der Waals surface area contributed by atoms with Gasteiger partial charge < -0.3 is 5.21 Å². The molecule has 1 aromatic carbocycles. The molecule has 0 atom stereocenters. The third kappa shape index (κ3) is 2.45. The first-order valence-electron chi connectivity index (χ1n) is 6.46. The van der Waals surface area contributed by atoms with Crippen molar-refractivity contribution in [3.05, 3.63) is 41.2 Å². The highest BCUT2D eigenvalue weighted by Gasteiger charge is 2.24. The third-order valence-corrected chi connectivity index (χ3v) is 3.40. The lowest BCUT2D eigenvalue weighted by Gasteiger charge is -2.08. The Morgan fingerprint density at radius 1 is 1.28 bits per heavy atom. The molecule has 0 aromatic heterocycles. The topological polar surface area (TPSA) is 32.6 Å². The first-order chi connectivity index (χ1) is 8.77. The molecule has 0 unspecified atom stereocenters. The number of hydrogen-bond donors (Lipinski definition) is 1. The van der Waals surface area contributed by atoms with Crippen LogP contribution in [0.1, 0.15) is 44.6 Å². The second kappa shape index (κ2) is 5.80. The van der Waals surface area contributed by atoms with Crippen LogP contribution in [0.25, 0.3) is 5.57 Å². The predicted octanol–water partition coefficient (Wildman–Crippen LogP) is 4.39. The molecule has 0 aliphatic heterocycles. The van der Waals surface area contributed by atoms with Gasteiger partial charge in [0, 0.05) is 11.1 Å². The lowest BCUT2D eigenvalue weighted by atomic mass is 9.97. The molecule has 0 heterocycles. The molecule has 0 saturated carbocycles. The summed E-state index contributed by atoms with van der Waals surface area (Å²) in [5, 5.41) is 12.4. The standard InChI is InChI=1S/C15H18FNO/c1-2-3-6-11-9-10-14(17-18)15(11)12-7-4-5-8-13(12)16/h4-5,7-8,18H,2-3,6,9-10H2,1H3/b17-14+. The van der Waals surface area contributed by atoms with E-state index in [0.717, 1.165) is 31.3 Å². The minimum Gasteiger partial charge on any atom is -0.411 e. The Bertz CT molecular complexity index is 491. The zero-order valence-corrected chi connectivity index (χ0v) is 10.6. The smallest absolute Gasteiger partial charge is 0.131 e. The molecule has 0 amide bonds. The van der Waals surface area contributed by atoms with Crippen LogP contribution >= 0.6 is 0 Å². The van der Waals surface area contributed by atoms with Crippen molar-refractivity contribution in [2.75, 3.05) is 0 Å². The number of unbranched alkanes of at least 4 members (excludes halogenated alkanes) is 1. The molecule has 2 rings (SSSR count). The molecule has 1 aliphatic carbocycles. The van der Waals surface area contributed by atoms with Gasteiger partial charge in [0.25, 0.3) is 0 Å². The van der Waals surface area contributed by atoms with Crippen LogP contribution in [0.2, 0.25) is 0 Å². The maximum absolute atomic E-state index is 13.9. The molecule has 0 radical (unpaired) electrons. The van der Waals surface area contributed by atoms with Crippen molar-refractivity contribution in [1.29, 1.82) is 0 Å². The number of oxime groups is 1. The normalized spacial score (nSPS) is 17.8. The van der Waals surface area contributed by atoms with E-state index >= 15 is 0 Å². The molecular weight excluding hydrogens is 229 g/mol. The minimum atomic E-state index is -0.246. The van der Waals surface area contributed by atoms with Crippen molar-refractivity contribution in [3.63, 3.8) is 0 Å².